The lowest BCUT2D eigenvalue weighted by molar-refractivity contribution is -0.116. The molecule has 1 fully saturated rings. The molecule has 1 N–H and O–H groups in total. The third-order valence-corrected chi connectivity index (χ3v) is 5.06. The van der Waals surface area contributed by atoms with E-state index in [4.69, 9.17) is 9.84 Å². The second-order valence-corrected chi connectivity index (χ2v) is 7.16. The molecule has 0 radical (unpaired) electrons. The summed E-state index contributed by atoms with van der Waals surface area (Å²) in [4.78, 5) is 14.6. The number of morpholine rings is 1. The Labute approximate surface area is 176 Å². The highest BCUT2D eigenvalue weighted by molar-refractivity contribution is 5.92. The van der Waals surface area contributed by atoms with E-state index < -0.39 is 0 Å². The zero-order chi connectivity index (χ0) is 20.6. The van der Waals surface area contributed by atoms with Gasteiger partial charge in [-0.25, -0.2) is 4.68 Å². The van der Waals surface area contributed by atoms with E-state index in [2.05, 4.69) is 10.2 Å². The maximum absolute atomic E-state index is 12.3. The minimum absolute atomic E-state index is 0.102. The number of amides is 1. The molecule has 0 spiro atoms. The average molecular weight is 402 g/mol. The summed E-state index contributed by atoms with van der Waals surface area (Å²) in [7, 11) is 0. The number of nitrogens with one attached hydrogen (secondary N) is 1. The number of carbonyl (C=O) groups is 1. The molecule has 2 aromatic carbocycles. The van der Waals surface area contributed by atoms with Crippen molar-refractivity contribution in [3.8, 4) is 16.9 Å². The van der Waals surface area contributed by atoms with E-state index >= 15 is 0 Å². The molecular weight excluding hydrogens is 376 g/mol. The van der Waals surface area contributed by atoms with Crippen molar-refractivity contribution in [2.45, 2.75) is 0 Å². The Morgan fingerprint density at radius 3 is 2.47 bits per heavy atom. The fourth-order valence-electron chi connectivity index (χ4n) is 3.43. The number of hydrogen-bond acceptors (Lipinski definition) is 4. The second kappa shape index (κ2) is 10.0. The molecule has 2 heterocycles. The fraction of sp³-hybridized carbons (Fsp3) is 0.250. The molecule has 4 rings (SSSR count). The lowest BCUT2D eigenvalue weighted by Gasteiger charge is -2.26. The number of carbonyl (C=O) groups excluding carboxylic acids is 1. The van der Waals surface area contributed by atoms with Gasteiger partial charge in [0.25, 0.3) is 0 Å². The van der Waals surface area contributed by atoms with Gasteiger partial charge in [-0.2, -0.15) is 5.10 Å². The van der Waals surface area contributed by atoms with Crippen molar-refractivity contribution in [3.05, 3.63) is 78.5 Å². The van der Waals surface area contributed by atoms with Crippen LogP contribution in [-0.4, -0.2) is 60.0 Å². The number of hydrogen-bond donors (Lipinski definition) is 1. The van der Waals surface area contributed by atoms with Crippen LogP contribution < -0.4 is 5.32 Å². The van der Waals surface area contributed by atoms with E-state index in [1.807, 2.05) is 77.6 Å². The quantitative estimate of drug-likeness (QED) is 0.617. The molecule has 1 amide bonds. The first-order chi connectivity index (χ1) is 14.8. The average Bonchev–Trinajstić information content (AvgIpc) is 3.24. The molecule has 1 saturated heterocycles. The Hall–Kier alpha value is -3.22. The topological polar surface area (TPSA) is 59.4 Å². The summed E-state index contributed by atoms with van der Waals surface area (Å²) in [6.07, 6.45) is 5.37. The normalized spacial score (nSPS) is 14.8. The van der Waals surface area contributed by atoms with Gasteiger partial charge in [0, 0.05) is 49.6 Å². The van der Waals surface area contributed by atoms with Crippen LogP contribution in [0.5, 0.6) is 0 Å². The van der Waals surface area contributed by atoms with E-state index in [-0.39, 0.29) is 5.91 Å². The van der Waals surface area contributed by atoms with Crippen LogP contribution in [0.3, 0.4) is 0 Å². The van der Waals surface area contributed by atoms with Crippen molar-refractivity contribution in [2.75, 3.05) is 39.4 Å². The summed E-state index contributed by atoms with van der Waals surface area (Å²) in [5.41, 5.74) is 3.73. The van der Waals surface area contributed by atoms with Crippen LogP contribution in [0.1, 0.15) is 5.56 Å². The number of rotatable bonds is 7. The van der Waals surface area contributed by atoms with Gasteiger partial charge >= 0.3 is 0 Å². The fourth-order valence-corrected chi connectivity index (χ4v) is 3.43. The highest BCUT2D eigenvalue weighted by Gasteiger charge is 2.11. The van der Waals surface area contributed by atoms with Gasteiger partial charge in [0.2, 0.25) is 5.91 Å². The number of ether oxygens (including phenoxy) is 1. The largest absolute Gasteiger partial charge is 0.379 e. The van der Waals surface area contributed by atoms with Gasteiger partial charge in [-0.1, -0.05) is 48.5 Å². The van der Waals surface area contributed by atoms with Crippen LogP contribution in [0.4, 0.5) is 0 Å². The van der Waals surface area contributed by atoms with Gasteiger partial charge in [0.15, 0.2) is 0 Å². The molecule has 0 atom stereocenters. The molecule has 1 aromatic heterocycles. The van der Waals surface area contributed by atoms with E-state index in [1.165, 1.54) is 0 Å². The van der Waals surface area contributed by atoms with Gasteiger partial charge in [0.1, 0.15) is 0 Å². The monoisotopic (exact) mass is 402 g/mol. The number of nitrogens with zero attached hydrogens (tertiary/aromatic N) is 3. The molecule has 0 unspecified atom stereocenters. The number of benzene rings is 2. The van der Waals surface area contributed by atoms with Crippen LogP contribution in [0.15, 0.2) is 72.9 Å². The van der Waals surface area contributed by atoms with Crippen molar-refractivity contribution in [2.24, 2.45) is 0 Å². The molecule has 154 valence electrons. The first-order valence-corrected chi connectivity index (χ1v) is 10.3. The summed E-state index contributed by atoms with van der Waals surface area (Å²) < 4.78 is 7.19. The maximum Gasteiger partial charge on any atom is 0.244 e. The second-order valence-electron chi connectivity index (χ2n) is 7.16. The molecular formula is C24H26N4O2. The minimum Gasteiger partial charge on any atom is -0.379 e. The predicted molar refractivity (Wildman–Crippen MR) is 118 cm³/mol. The smallest absolute Gasteiger partial charge is 0.244 e. The third-order valence-electron chi connectivity index (χ3n) is 5.06. The van der Waals surface area contributed by atoms with Gasteiger partial charge in [-0.15, -0.1) is 0 Å². The molecule has 1 aliphatic heterocycles. The zero-order valence-corrected chi connectivity index (χ0v) is 16.9. The first kappa shape index (κ1) is 20.1. The number of aromatic nitrogens is 2. The summed E-state index contributed by atoms with van der Waals surface area (Å²) >= 11 is 0. The van der Waals surface area contributed by atoms with Crippen LogP contribution >= 0.6 is 0 Å². The lowest BCUT2D eigenvalue weighted by atomic mass is 10.1. The Balaban J connectivity index is 1.46. The molecule has 0 bridgehead atoms. The molecule has 3 aromatic rings. The molecule has 6 heteroatoms. The van der Waals surface area contributed by atoms with Gasteiger partial charge in [-0.3, -0.25) is 9.69 Å². The third kappa shape index (κ3) is 5.23. The Kier molecular flexibility index (Phi) is 6.69. The van der Waals surface area contributed by atoms with Gasteiger partial charge in [0.05, 0.1) is 24.6 Å². The van der Waals surface area contributed by atoms with Crippen molar-refractivity contribution >= 4 is 12.0 Å². The summed E-state index contributed by atoms with van der Waals surface area (Å²) in [5, 5.41) is 7.73. The molecule has 6 nitrogen and oxygen atoms in total. The Morgan fingerprint density at radius 2 is 1.73 bits per heavy atom. The van der Waals surface area contributed by atoms with Crippen molar-refractivity contribution < 1.29 is 9.53 Å². The Bertz CT molecular complexity index is 977. The zero-order valence-electron chi connectivity index (χ0n) is 16.9. The Morgan fingerprint density at radius 1 is 1.03 bits per heavy atom. The highest BCUT2D eigenvalue weighted by atomic mass is 16.5. The van der Waals surface area contributed by atoms with Gasteiger partial charge in [-0.05, 0) is 18.2 Å². The SMILES string of the molecule is O=C(/C=C/c1cn(-c2ccccc2)nc1-c1ccccc1)NCCN1CCOCC1. The highest BCUT2D eigenvalue weighted by Crippen LogP contribution is 2.24. The predicted octanol–water partition coefficient (Wildman–Crippen LogP) is 3.00. The first-order valence-electron chi connectivity index (χ1n) is 10.3. The van der Waals surface area contributed by atoms with Crippen LogP contribution in [0, 0.1) is 0 Å². The lowest BCUT2D eigenvalue weighted by Crippen LogP contribution is -2.41. The summed E-state index contributed by atoms with van der Waals surface area (Å²) in [5.74, 6) is -0.102. The summed E-state index contributed by atoms with van der Waals surface area (Å²) in [6, 6.07) is 20.0. The van der Waals surface area contributed by atoms with Gasteiger partial charge < -0.3 is 10.1 Å². The van der Waals surface area contributed by atoms with E-state index in [1.54, 1.807) is 6.08 Å². The van der Waals surface area contributed by atoms with Crippen LogP contribution in [0.2, 0.25) is 0 Å². The molecule has 0 saturated carbocycles. The van der Waals surface area contributed by atoms with Crippen LogP contribution in [0.25, 0.3) is 23.0 Å². The standard InChI is InChI=1S/C24H26N4O2/c29-23(25-13-14-27-15-17-30-18-16-27)12-11-21-19-28(22-9-5-2-6-10-22)26-24(21)20-7-3-1-4-8-20/h1-12,19H,13-18H2,(H,25,29)/b12-11+. The van der Waals surface area contributed by atoms with Crippen molar-refractivity contribution in [1.29, 1.82) is 0 Å². The van der Waals surface area contributed by atoms with Crippen LogP contribution in [-0.2, 0) is 9.53 Å². The van der Waals surface area contributed by atoms with E-state index in [0.29, 0.717) is 6.54 Å². The molecule has 1 aliphatic rings. The summed E-state index contributed by atoms with van der Waals surface area (Å²) in [6.45, 7) is 4.83. The van der Waals surface area contributed by atoms with E-state index in [9.17, 15) is 4.79 Å². The molecule has 30 heavy (non-hydrogen) atoms. The number of para-hydroxylation sites is 1. The maximum atomic E-state index is 12.3. The minimum atomic E-state index is -0.102. The molecule has 0 aliphatic carbocycles. The van der Waals surface area contributed by atoms with Crippen molar-refractivity contribution in [1.82, 2.24) is 20.0 Å². The van der Waals surface area contributed by atoms with E-state index in [0.717, 1.165) is 55.4 Å². The van der Waals surface area contributed by atoms with Crippen molar-refractivity contribution in [3.63, 3.8) is 0 Å².